The second-order valence-corrected chi connectivity index (χ2v) is 6.85. The summed E-state index contributed by atoms with van der Waals surface area (Å²) in [6, 6.07) is 4.04. The summed E-state index contributed by atoms with van der Waals surface area (Å²) in [6.07, 6.45) is 3.93. The Hall–Kier alpha value is -2.70. The molecule has 1 aliphatic rings. The molecule has 0 spiro atoms. The first kappa shape index (κ1) is 16.8. The maximum atomic E-state index is 6.00. The number of ether oxygens (including phenoxy) is 1. The van der Waals surface area contributed by atoms with E-state index >= 15 is 0 Å². The number of aryl methyl sites for hydroxylation is 4. The monoisotopic (exact) mass is 354 g/mol. The van der Waals surface area contributed by atoms with Crippen LogP contribution in [0.15, 0.2) is 21.2 Å². The van der Waals surface area contributed by atoms with Gasteiger partial charge in [-0.25, -0.2) is 0 Å². The maximum Gasteiger partial charge on any atom is 0.226 e. The molecule has 4 rings (SSSR count). The molecule has 0 bridgehead atoms. The Morgan fingerprint density at radius 2 is 1.81 bits per heavy atom. The van der Waals surface area contributed by atoms with Gasteiger partial charge in [-0.15, -0.1) is 0 Å². The highest BCUT2D eigenvalue weighted by Gasteiger charge is 2.28. The number of aromatic nitrogens is 4. The van der Waals surface area contributed by atoms with Crippen LogP contribution in [0.2, 0.25) is 0 Å². The minimum atomic E-state index is 0.524. The van der Waals surface area contributed by atoms with E-state index in [4.69, 9.17) is 13.8 Å². The predicted molar refractivity (Wildman–Crippen MR) is 94.0 cm³/mol. The van der Waals surface area contributed by atoms with Gasteiger partial charge in [0.05, 0.1) is 6.61 Å². The van der Waals surface area contributed by atoms with E-state index in [9.17, 15) is 0 Å². The lowest BCUT2D eigenvalue weighted by molar-refractivity contribution is 0.295. The van der Waals surface area contributed by atoms with Crippen molar-refractivity contribution in [3.8, 4) is 17.1 Å². The van der Waals surface area contributed by atoms with Gasteiger partial charge >= 0.3 is 0 Å². The van der Waals surface area contributed by atoms with Gasteiger partial charge in [0.1, 0.15) is 5.75 Å². The van der Waals surface area contributed by atoms with Crippen molar-refractivity contribution in [1.82, 2.24) is 20.3 Å². The second-order valence-electron chi connectivity index (χ2n) is 6.85. The zero-order valence-corrected chi connectivity index (χ0v) is 15.3. The Morgan fingerprint density at radius 1 is 1.04 bits per heavy atom. The van der Waals surface area contributed by atoms with Gasteiger partial charge in [-0.2, -0.15) is 9.97 Å². The molecule has 0 unspecified atom stereocenters. The van der Waals surface area contributed by atoms with E-state index in [0.717, 1.165) is 41.1 Å². The van der Waals surface area contributed by atoms with Crippen molar-refractivity contribution in [1.29, 1.82) is 0 Å². The second kappa shape index (κ2) is 6.90. The van der Waals surface area contributed by atoms with E-state index < -0.39 is 0 Å². The summed E-state index contributed by atoms with van der Waals surface area (Å²) in [5.74, 6) is 4.14. The molecular weight excluding hydrogens is 332 g/mol. The zero-order chi connectivity index (χ0) is 18.1. The molecule has 1 fully saturated rings. The van der Waals surface area contributed by atoms with Gasteiger partial charge in [-0.3, -0.25) is 0 Å². The molecule has 2 aromatic heterocycles. The number of benzene rings is 1. The molecule has 1 aromatic carbocycles. The van der Waals surface area contributed by atoms with Crippen LogP contribution >= 0.6 is 0 Å². The smallest absolute Gasteiger partial charge is 0.226 e. The number of hydrogen-bond acceptors (Lipinski definition) is 7. The normalized spacial score (nSPS) is 14.0. The lowest BCUT2D eigenvalue weighted by atomic mass is 10.1. The summed E-state index contributed by atoms with van der Waals surface area (Å²) in [5.41, 5.74) is 3.04. The third-order valence-corrected chi connectivity index (χ3v) is 4.45. The Kier molecular flexibility index (Phi) is 4.44. The molecule has 0 N–H and O–H groups in total. The maximum absolute atomic E-state index is 6.00. The molecule has 136 valence electrons. The molecule has 1 saturated carbocycles. The molecule has 0 amide bonds. The Labute approximate surface area is 151 Å². The molecule has 3 aromatic rings. The highest BCUT2D eigenvalue weighted by atomic mass is 16.5. The summed E-state index contributed by atoms with van der Waals surface area (Å²) >= 11 is 0. The molecule has 26 heavy (non-hydrogen) atoms. The van der Waals surface area contributed by atoms with Crippen molar-refractivity contribution in [3.05, 3.63) is 40.9 Å². The van der Waals surface area contributed by atoms with Crippen molar-refractivity contribution in [2.24, 2.45) is 0 Å². The van der Waals surface area contributed by atoms with Gasteiger partial charge in [-0.05, 0) is 56.4 Å². The van der Waals surface area contributed by atoms with Crippen LogP contribution in [0, 0.1) is 20.8 Å². The Bertz CT molecular complexity index is 888. The number of nitrogens with zero attached hydrogens (tertiary/aromatic N) is 4. The fraction of sp³-hybridized carbons (Fsp3) is 0.474. The third kappa shape index (κ3) is 3.61. The topological polar surface area (TPSA) is 87.1 Å². The van der Waals surface area contributed by atoms with Crippen LogP contribution in [0.4, 0.5) is 0 Å². The van der Waals surface area contributed by atoms with Crippen molar-refractivity contribution < 1.29 is 13.8 Å². The highest BCUT2D eigenvalue weighted by molar-refractivity contribution is 5.60. The van der Waals surface area contributed by atoms with Gasteiger partial charge in [0, 0.05) is 24.8 Å². The van der Waals surface area contributed by atoms with Crippen molar-refractivity contribution in [2.75, 3.05) is 6.61 Å². The van der Waals surface area contributed by atoms with E-state index in [1.165, 1.54) is 12.8 Å². The molecule has 0 radical (unpaired) electrons. The van der Waals surface area contributed by atoms with E-state index in [1.54, 1.807) is 6.92 Å². The molecule has 1 aliphatic carbocycles. The zero-order valence-electron chi connectivity index (χ0n) is 15.3. The molecule has 7 nitrogen and oxygen atoms in total. The Balaban J connectivity index is 1.35. The highest BCUT2D eigenvalue weighted by Crippen LogP contribution is 2.38. The van der Waals surface area contributed by atoms with Gasteiger partial charge in [0.25, 0.3) is 0 Å². The average molecular weight is 354 g/mol. The van der Waals surface area contributed by atoms with Gasteiger partial charge in [0.2, 0.25) is 17.6 Å². The first-order valence-corrected chi connectivity index (χ1v) is 8.97. The number of hydrogen-bond donors (Lipinski definition) is 0. The largest absolute Gasteiger partial charge is 0.493 e. The molecule has 0 atom stereocenters. The van der Waals surface area contributed by atoms with Crippen LogP contribution in [0.25, 0.3) is 11.4 Å². The minimum Gasteiger partial charge on any atom is -0.493 e. The van der Waals surface area contributed by atoms with Crippen LogP contribution in [0.1, 0.15) is 53.9 Å². The molecule has 0 saturated heterocycles. The average Bonchev–Trinajstić information content (AvgIpc) is 3.19. The lowest BCUT2D eigenvalue weighted by Gasteiger charge is -2.13. The molecule has 7 heteroatoms. The first-order chi connectivity index (χ1) is 12.6. The summed E-state index contributed by atoms with van der Waals surface area (Å²) < 4.78 is 16.3. The fourth-order valence-electron chi connectivity index (χ4n) is 3.00. The van der Waals surface area contributed by atoms with Crippen molar-refractivity contribution in [3.63, 3.8) is 0 Å². The third-order valence-electron chi connectivity index (χ3n) is 4.45. The quantitative estimate of drug-likeness (QED) is 0.594. The van der Waals surface area contributed by atoms with Gasteiger partial charge < -0.3 is 13.8 Å². The van der Waals surface area contributed by atoms with E-state index in [1.807, 2.05) is 26.0 Å². The van der Waals surface area contributed by atoms with E-state index in [2.05, 4.69) is 20.3 Å². The summed E-state index contributed by atoms with van der Waals surface area (Å²) in [5, 5.41) is 8.01. The fourth-order valence-corrected chi connectivity index (χ4v) is 3.00. The van der Waals surface area contributed by atoms with Crippen LogP contribution in [0.5, 0.6) is 5.75 Å². The SMILES string of the molecule is Cc1nc(-c2cc(C)c(OCCCc3nc(C4CC4)no3)c(C)c2)no1. The summed E-state index contributed by atoms with van der Waals surface area (Å²) in [7, 11) is 0. The van der Waals surface area contributed by atoms with Gasteiger partial charge in [-0.1, -0.05) is 10.3 Å². The van der Waals surface area contributed by atoms with Gasteiger partial charge in [0.15, 0.2) is 5.82 Å². The van der Waals surface area contributed by atoms with Crippen LogP contribution in [-0.2, 0) is 6.42 Å². The van der Waals surface area contributed by atoms with Crippen LogP contribution in [0.3, 0.4) is 0 Å². The predicted octanol–water partition coefficient (Wildman–Crippen LogP) is 3.93. The van der Waals surface area contributed by atoms with Crippen molar-refractivity contribution in [2.45, 2.75) is 52.4 Å². The first-order valence-electron chi connectivity index (χ1n) is 8.97. The Morgan fingerprint density at radius 3 is 2.46 bits per heavy atom. The van der Waals surface area contributed by atoms with E-state index in [0.29, 0.717) is 30.1 Å². The summed E-state index contributed by atoms with van der Waals surface area (Å²) in [6.45, 7) is 6.44. The molecular formula is C19H22N4O3. The van der Waals surface area contributed by atoms with Crippen LogP contribution < -0.4 is 4.74 Å². The number of rotatable bonds is 7. The summed E-state index contributed by atoms with van der Waals surface area (Å²) in [4.78, 5) is 8.72. The van der Waals surface area contributed by atoms with Crippen molar-refractivity contribution >= 4 is 0 Å². The standard InChI is InChI=1S/C19H22N4O3/c1-11-9-15(19-20-13(3)25-22-19)10-12(2)17(11)24-8-4-5-16-21-18(23-26-16)14-6-7-14/h9-10,14H,4-8H2,1-3H3. The molecule has 0 aliphatic heterocycles. The van der Waals surface area contributed by atoms with E-state index in [-0.39, 0.29) is 0 Å². The lowest BCUT2D eigenvalue weighted by Crippen LogP contribution is -2.03. The molecule has 2 heterocycles. The minimum absolute atomic E-state index is 0.524. The van der Waals surface area contributed by atoms with Crippen LogP contribution in [-0.4, -0.2) is 26.9 Å².